The molecule has 2 heterocycles. The number of allylic oxidation sites excluding steroid dienone is 1. The van der Waals surface area contributed by atoms with Gasteiger partial charge in [-0.25, -0.2) is 13.4 Å². The molecule has 3 aromatic carbocycles. The largest absolute Gasteiger partial charge is 0.489 e. The Morgan fingerprint density at radius 2 is 1.69 bits per heavy atom. The fraction of sp³-hybridized carbons (Fsp3) is 0.111. The van der Waals surface area contributed by atoms with Crippen LogP contribution >= 0.6 is 0 Å². The predicted octanol–water partition coefficient (Wildman–Crippen LogP) is 4.61. The van der Waals surface area contributed by atoms with Gasteiger partial charge in [-0.05, 0) is 60.2 Å². The van der Waals surface area contributed by atoms with Crippen molar-refractivity contribution in [1.82, 2.24) is 9.55 Å². The molecule has 0 unspecified atom stereocenters. The van der Waals surface area contributed by atoms with Gasteiger partial charge in [-0.3, -0.25) is 4.99 Å². The highest BCUT2D eigenvalue weighted by Crippen LogP contribution is 2.24. The summed E-state index contributed by atoms with van der Waals surface area (Å²) in [6, 6.07) is 24.7. The first-order valence-corrected chi connectivity index (χ1v) is 12.6. The third-order valence-corrected chi connectivity index (χ3v) is 7.47. The first-order valence-electron chi connectivity index (χ1n) is 11.1. The van der Waals surface area contributed by atoms with E-state index >= 15 is 0 Å². The highest BCUT2D eigenvalue weighted by atomic mass is 32.2. The number of sulfone groups is 1. The number of aromatic nitrogens is 2. The van der Waals surface area contributed by atoms with Crippen LogP contribution in [0.2, 0.25) is 0 Å². The number of hydrogen-bond acceptors (Lipinski definition) is 6. The summed E-state index contributed by atoms with van der Waals surface area (Å²) >= 11 is 0. The standard InChI is InChI=1S/C27H24N4O3S/c1-30-18-16-28-27(30)35(32,33)25-13-9-23(10-14-25)31-17-15-26(29-20-31)22-7-11-24(12-8-22)34-19-21-5-3-2-4-6-21/h2-18H,19-20H2,1H3. The van der Waals surface area contributed by atoms with Gasteiger partial charge in [0.25, 0.3) is 0 Å². The lowest BCUT2D eigenvalue weighted by atomic mass is 10.1. The van der Waals surface area contributed by atoms with E-state index in [-0.39, 0.29) is 10.1 Å². The Morgan fingerprint density at radius 1 is 0.943 bits per heavy atom. The molecule has 0 amide bonds. The summed E-state index contributed by atoms with van der Waals surface area (Å²) in [6.07, 6.45) is 6.98. The smallest absolute Gasteiger partial charge is 0.240 e. The highest BCUT2D eigenvalue weighted by molar-refractivity contribution is 7.91. The van der Waals surface area contributed by atoms with Gasteiger partial charge >= 0.3 is 0 Å². The van der Waals surface area contributed by atoms with E-state index < -0.39 is 9.84 Å². The fourth-order valence-corrected chi connectivity index (χ4v) is 5.11. The zero-order valence-corrected chi connectivity index (χ0v) is 20.0. The number of imidazole rings is 1. The second kappa shape index (κ2) is 9.60. The minimum atomic E-state index is -3.66. The summed E-state index contributed by atoms with van der Waals surface area (Å²) in [4.78, 5) is 10.8. The van der Waals surface area contributed by atoms with Gasteiger partial charge in [-0.2, -0.15) is 0 Å². The van der Waals surface area contributed by atoms with Crippen molar-refractivity contribution in [3.63, 3.8) is 0 Å². The SMILES string of the molecule is Cn1ccnc1S(=O)(=O)c1ccc(N2C=CC(c3ccc(OCc4ccccc4)cc3)=NC2)cc1. The second-order valence-corrected chi connectivity index (χ2v) is 9.93. The van der Waals surface area contributed by atoms with E-state index in [0.29, 0.717) is 13.3 Å². The van der Waals surface area contributed by atoms with Crippen molar-refractivity contribution in [2.45, 2.75) is 16.7 Å². The molecular formula is C27H24N4O3S. The van der Waals surface area contributed by atoms with Crippen LogP contribution in [0, 0.1) is 0 Å². The third kappa shape index (κ3) is 4.88. The minimum absolute atomic E-state index is 0.0221. The van der Waals surface area contributed by atoms with Crippen LogP contribution in [0.5, 0.6) is 5.75 Å². The summed E-state index contributed by atoms with van der Waals surface area (Å²) in [5.74, 6) is 0.806. The number of benzene rings is 3. The number of rotatable bonds is 7. The first kappa shape index (κ1) is 22.6. The van der Waals surface area contributed by atoms with Crippen molar-refractivity contribution in [2.24, 2.45) is 12.0 Å². The third-order valence-electron chi connectivity index (χ3n) is 5.70. The molecule has 0 aliphatic carbocycles. The van der Waals surface area contributed by atoms with Gasteiger partial charge in [-0.15, -0.1) is 0 Å². The Morgan fingerprint density at radius 3 is 2.31 bits per heavy atom. The van der Waals surface area contributed by atoms with Gasteiger partial charge in [0.15, 0.2) is 0 Å². The van der Waals surface area contributed by atoms with Crippen LogP contribution in [0.3, 0.4) is 0 Å². The van der Waals surface area contributed by atoms with E-state index in [9.17, 15) is 8.42 Å². The normalized spacial score (nSPS) is 13.5. The number of aliphatic imine (C=N–C) groups is 1. The molecule has 7 nitrogen and oxygen atoms in total. The topological polar surface area (TPSA) is 76.8 Å². The molecule has 0 radical (unpaired) electrons. The van der Waals surface area contributed by atoms with Gasteiger partial charge < -0.3 is 14.2 Å². The van der Waals surface area contributed by atoms with Crippen LogP contribution in [0.25, 0.3) is 0 Å². The van der Waals surface area contributed by atoms with E-state index in [4.69, 9.17) is 4.74 Å². The molecule has 1 aliphatic heterocycles. The molecule has 0 saturated heterocycles. The molecule has 0 N–H and O–H groups in total. The summed E-state index contributed by atoms with van der Waals surface area (Å²) in [7, 11) is -2.00. The fourth-order valence-electron chi connectivity index (χ4n) is 3.76. The van der Waals surface area contributed by atoms with Crippen molar-refractivity contribution in [2.75, 3.05) is 11.6 Å². The van der Waals surface area contributed by atoms with Crippen LogP contribution in [-0.4, -0.2) is 30.3 Å². The Bertz CT molecular complexity index is 1470. The molecule has 176 valence electrons. The van der Waals surface area contributed by atoms with E-state index in [1.165, 1.54) is 10.8 Å². The van der Waals surface area contributed by atoms with Gasteiger partial charge in [0.2, 0.25) is 15.0 Å². The summed E-state index contributed by atoms with van der Waals surface area (Å²) in [6.45, 7) is 0.960. The molecular weight excluding hydrogens is 460 g/mol. The zero-order chi connectivity index (χ0) is 24.3. The van der Waals surface area contributed by atoms with Crippen LogP contribution < -0.4 is 9.64 Å². The molecule has 0 bridgehead atoms. The Hall–Kier alpha value is -4.17. The lowest BCUT2D eigenvalue weighted by Gasteiger charge is -2.22. The number of ether oxygens (including phenoxy) is 1. The van der Waals surface area contributed by atoms with Crippen molar-refractivity contribution in [1.29, 1.82) is 0 Å². The van der Waals surface area contributed by atoms with E-state index in [1.54, 1.807) is 37.5 Å². The summed E-state index contributed by atoms with van der Waals surface area (Å²) in [5, 5.41) is 0.0221. The Balaban J connectivity index is 1.22. The van der Waals surface area contributed by atoms with Crippen molar-refractivity contribution in [3.8, 4) is 5.75 Å². The van der Waals surface area contributed by atoms with Gasteiger partial charge in [-0.1, -0.05) is 30.3 Å². The monoisotopic (exact) mass is 484 g/mol. The van der Waals surface area contributed by atoms with Crippen LogP contribution in [0.1, 0.15) is 11.1 Å². The van der Waals surface area contributed by atoms with Gasteiger partial charge in [0.1, 0.15) is 19.0 Å². The quantitative estimate of drug-likeness (QED) is 0.383. The number of nitrogens with zero attached hydrogens (tertiary/aromatic N) is 4. The minimum Gasteiger partial charge on any atom is -0.489 e. The van der Waals surface area contributed by atoms with Crippen molar-refractivity contribution >= 4 is 21.2 Å². The lowest BCUT2D eigenvalue weighted by molar-refractivity contribution is 0.306. The second-order valence-electron chi connectivity index (χ2n) is 8.09. The molecule has 0 saturated carbocycles. The van der Waals surface area contributed by atoms with E-state index in [1.807, 2.05) is 71.8 Å². The summed E-state index contributed by atoms with van der Waals surface area (Å²) < 4.78 is 33.0. The number of hydrogen-bond donors (Lipinski definition) is 0. The van der Waals surface area contributed by atoms with Crippen LogP contribution in [-0.2, 0) is 23.5 Å². The van der Waals surface area contributed by atoms with Gasteiger partial charge in [0, 0.05) is 36.9 Å². The van der Waals surface area contributed by atoms with Gasteiger partial charge in [0.05, 0.1) is 10.6 Å². The Labute approximate surface area is 204 Å². The van der Waals surface area contributed by atoms with Crippen LogP contribution in [0.15, 0.2) is 119 Å². The van der Waals surface area contributed by atoms with Crippen molar-refractivity contribution in [3.05, 3.63) is 115 Å². The molecule has 5 rings (SSSR count). The molecule has 4 aromatic rings. The highest BCUT2D eigenvalue weighted by Gasteiger charge is 2.22. The Kier molecular flexibility index (Phi) is 6.20. The molecule has 35 heavy (non-hydrogen) atoms. The molecule has 0 fully saturated rings. The molecule has 1 aliphatic rings. The first-order chi connectivity index (χ1) is 17.0. The maximum absolute atomic E-state index is 12.8. The van der Waals surface area contributed by atoms with Crippen LogP contribution in [0.4, 0.5) is 5.69 Å². The number of anilines is 1. The van der Waals surface area contributed by atoms with E-state index in [0.717, 1.165) is 28.3 Å². The lowest BCUT2D eigenvalue weighted by Crippen LogP contribution is -2.21. The molecule has 0 atom stereocenters. The zero-order valence-electron chi connectivity index (χ0n) is 19.2. The van der Waals surface area contributed by atoms with Crippen molar-refractivity contribution < 1.29 is 13.2 Å². The average Bonchev–Trinajstić information content (AvgIpc) is 3.35. The molecule has 0 spiro atoms. The molecule has 8 heteroatoms. The predicted molar refractivity (Wildman–Crippen MR) is 135 cm³/mol. The maximum atomic E-state index is 12.8. The summed E-state index contributed by atoms with van der Waals surface area (Å²) in [5.41, 5.74) is 3.86. The molecule has 1 aromatic heterocycles. The number of aryl methyl sites for hydroxylation is 1. The van der Waals surface area contributed by atoms with E-state index in [2.05, 4.69) is 9.98 Å². The average molecular weight is 485 g/mol. The maximum Gasteiger partial charge on any atom is 0.240 e.